The van der Waals surface area contributed by atoms with E-state index in [4.69, 9.17) is 5.11 Å². The fourth-order valence-electron chi connectivity index (χ4n) is 1.33. The van der Waals surface area contributed by atoms with Crippen LogP contribution in [0.25, 0.3) is 0 Å². The van der Waals surface area contributed by atoms with Crippen molar-refractivity contribution >= 4 is 12.6 Å². The summed E-state index contributed by atoms with van der Waals surface area (Å²) in [7, 11) is 0. The van der Waals surface area contributed by atoms with Crippen molar-refractivity contribution < 1.29 is 10.2 Å². The van der Waals surface area contributed by atoms with Gasteiger partial charge in [-0.1, -0.05) is 0 Å². The molecular formula is C9H13NO2S. The Hall–Kier alpha value is -0.740. The highest BCUT2D eigenvalue weighted by molar-refractivity contribution is 7.79. The van der Waals surface area contributed by atoms with Crippen molar-refractivity contribution in [2.75, 3.05) is 0 Å². The molecule has 0 amide bonds. The van der Waals surface area contributed by atoms with Crippen LogP contribution in [0.4, 0.5) is 0 Å². The molecule has 0 spiro atoms. The summed E-state index contributed by atoms with van der Waals surface area (Å²) in [5, 5.41) is 18.7. The van der Waals surface area contributed by atoms with Crippen molar-refractivity contribution in [3.63, 3.8) is 0 Å². The molecular weight excluding hydrogens is 186 g/mol. The minimum absolute atomic E-state index is 0.109. The van der Waals surface area contributed by atoms with Crippen molar-refractivity contribution in [3.8, 4) is 5.75 Å². The number of aryl methyl sites for hydroxylation is 2. The van der Waals surface area contributed by atoms with Gasteiger partial charge < -0.3 is 10.2 Å². The average Bonchev–Trinajstić information content (AvgIpc) is 2.10. The van der Waals surface area contributed by atoms with E-state index in [1.165, 1.54) is 0 Å². The van der Waals surface area contributed by atoms with Crippen molar-refractivity contribution in [3.05, 3.63) is 22.5 Å². The van der Waals surface area contributed by atoms with E-state index in [0.29, 0.717) is 22.6 Å². The molecule has 1 heterocycles. The van der Waals surface area contributed by atoms with Gasteiger partial charge in [0.1, 0.15) is 5.75 Å². The summed E-state index contributed by atoms with van der Waals surface area (Å²) in [5.74, 6) is 0.552. The van der Waals surface area contributed by atoms with E-state index in [9.17, 15) is 5.11 Å². The second-order valence-electron chi connectivity index (χ2n) is 2.90. The molecule has 0 radical (unpaired) electrons. The van der Waals surface area contributed by atoms with E-state index in [-0.39, 0.29) is 12.4 Å². The molecule has 0 aliphatic heterocycles. The summed E-state index contributed by atoms with van der Waals surface area (Å²) in [6.07, 6.45) is 0. The summed E-state index contributed by atoms with van der Waals surface area (Å²) in [6, 6.07) is 0. The minimum atomic E-state index is -0.109. The maximum Gasteiger partial charge on any atom is 0.141 e. The molecule has 3 nitrogen and oxygen atoms in total. The first kappa shape index (κ1) is 10.3. The largest absolute Gasteiger partial charge is 0.506 e. The van der Waals surface area contributed by atoms with Gasteiger partial charge in [-0.3, -0.25) is 4.98 Å². The maximum atomic E-state index is 9.61. The van der Waals surface area contributed by atoms with E-state index >= 15 is 0 Å². The molecule has 0 aliphatic carbocycles. The first-order chi connectivity index (χ1) is 6.11. The standard InChI is InChI=1S/C9H13NO2S/c1-5-7(3-11)8(4-13)9(12)6(2)10-5/h11-13H,3-4H2,1-2H3. The number of aromatic nitrogens is 1. The Bertz CT molecular complexity index is 326. The predicted octanol–water partition coefficient (Wildman–Crippen LogP) is 1.33. The van der Waals surface area contributed by atoms with Gasteiger partial charge in [0.05, 0.1) is 12.3 Å². The predicted molar refractivity (Wildman–Crippen MR) is 54.0 cm³/mol. The minimum Gasteiger partial charge on any atom is -0.506 e. The Labute approximate surface area is 82.9 Å². The lowest BCUT2D eigenvalue weighted by atomic mass is 10.1. The zero-order chi connectivity index (χ0) is 10.0. The Morgan fingerprint density at radius 1 is 1.23 bits per heavy atom. The Kier molecular flexibility index (Phi) is 3.17. The van der Waals surface area contributed by atoms with E-state index in [2.05, 4.69) is 17.6 Å². The van der Waals surface area contributed by atoms with Crippen LogP contribution in [0.1, 0.15) is 22.5 Å². The average molecular weight is 199 g/mol. The Balaban J connectivity index is 3.41. The van der Waals surface area contributed by atoms with Crippen LogP contribution < -0.4 is 0 Å². The topological polar surface area (TPSA) is 53.4 Å². The number of nitrogens with zero attached hydrogens (tertiary/aromatic N) is 1. The molecule has 1 aromatic heterocycles. The molecule has 0 unspecified atom stereocenters. The molecule has 4 heteroatoms. The zero-order valence-electron chi connectivity index (χ0n) is 7.70. The third-order valence-electron chi connectivity index (χ3n) is 2.08. The molecule has 0 saturated carbocycles. The van der Waals surface area contributed by atoms with Crippen LogP contribution in [0.15, 0.2) is 0 Å². The molecule has 0 aliphatic rings. The molecule has 1 aromatic rings. The van der Waals surface area contributed by atoms with Crippen molar-refractivity contribution in [2.45, 2.75) is 26.2 Å². The van der Waals surface area contributed by atoms with Crippen LogP contribution in [0.3, 0.4) is 0 Å². The van der Waals surface area contributed by atoms with Crippen LogP contribution in [0.2, 0.25) is 0 Å². The third kappa shape index (κ3) is 1.78. The number of aliphatic hydroxyl groups is 1. The van der Waals surface area contributed by atoms with Crippen LogP contribution in [-0.4, -0.2) is 15.2 Å². The number of aliphatic hydroxyl groups excluding tert-OH is 1. The van der Waals surface area contributed by atoms with Gasteiger partial charge >= 0.3 is 0 Å². The summed E-state index contributed by atoms with van der Waals surface area (Å²) in [4.78, 5) is 4.11. The van der Waals surface area contributed by atoms with Gasteiger partial charge in [0.25, 0.3) is 0 Å². The SMILES string of the molecule is Cc1nc(C)c(CO)c(CS)c1O. The maximum absolute atomic E-state index is 9.61. The molecule has 0 bridgehead atoms. The van der Waals surface area contributed by atoms with E-state index in [1.807, 2.05) is 6.92 Å². The summed E-state index contributed by atoms with van der Waals surface area (Å²) in [6.45, 7) is 3.43. The van der Waals surface area contributed by atoms with Gasteiger partial charge in [-0.15, -0.1) is 0 Å². The van der Waals surface area contributed by atoms with Crippen LogP contribution in [0.5, 0.6) is 5.75 Å². The second-order valence-corrected chi connectivity index (χ2v) is 3.22. The van der Waals surface area contributed by atoms with E-state index in [1.54, 1.807) is 6.92 Å². The molecule has 2 N–H and O–H groups in total. The number of thiol groups is 1. The lowest BCUT2D eigenvalue weighted by molar-refractivity contribution is 0.278. The lowest BCUT2D eigenvalue weighted by Crippen LogP contribution is -2.01. The van der Waals surface area contributed by atoms with Crippen LogP contribution in [0, 0.1) is 13.8 Å². The van der Waals surface area contributed by atoms with Gasteiger partial charge in [0.15, 0.2) is 0 Å². The molecule has 1 rings (SSSR count). The number of hydrogen-bond acceptors (Lipinski definition) is 4. The number of pyridine rings is 1. The molecule has 13 heavy (non-hydrogen) atoms. The van der Waals surface area contributed by atoms with E-state index < -0.39 is 0 Å². The van der Waals surface area contributed by atoms with Crippen molar-refractivity contribution in [1.82, 2.24) is 4.98 Å². The molecule has 0 fully saturated rings. The fourth-order valence-corrected chi connectivity index (χ4v) is 1.67. The molecule has 0 saturated heterocycles. The van der Waals surface area contributed by atoms with Crippen molar-refractivity contribution in [1.29, 1.82) is 0 Å². The molecule has 0 aromatic carbocycles. The number of rotatable bonds is 2. The summed E-state index contributed by atoms with van der Waals surface area (Å²) in [5.41, 5.74) is 2.69. The summed E-state index contributed by atoms with van der Waals surface area (Å²) >= 11 is 4.10. The second kappa shape index (κ2) is 3.98. The highest BCUT2D eigenvalue weighted by atomic mass is 32.1. The quantitative estimate of drug-likeness (QED) is 0.630. The third-order valence-corrected chi connectivity index (χ3v) is 2.40. The number of aromatic hydroxyl groups is 1. The smallest absolute Gasteiger partial charge is 0.141 e. The van der Waals surface area contributed by atoms with Crippen LogP contribution in [-0.2, 0) is 12.4 Å². The van der Waals surface area contributed by atoms with Crippen molar-refractivity contribution in [2.24, 2.45) is 0 Å². The van der Waals surface area contributed by atoms with Gasteiger partial charge in [-0.05, 0) is 13.8 Å². The Morgan fingerprint density at radius 3 is 2.31 bits per heavy atom. The monoisotopic (exact) mass is 199 g/mol. The fraction of sp³-hybridized carbons (Fsp3) is 0.444. The highest BCUT2D eigenvalue weighted by Crippen LogP contribution is 2.27. The summed E-state index contributed by atoms with van der Waals surface area (Å²) < 4.78 is 0. The van der Waals surface area contributed by atoms with Gasteiger partial charge in [-0.25, -0.2) is 0 Å². The molecule has 72 valence electrons. The highest BCUT2D eigenvalue weighted by Gasteiger charge is 2.12. The van der Waals surface area contributed by atoms with E-state index in [0.717, 1.165) is 5.69 Å². The normalized spacial score (nSPS) is 10.5. The first-order valence-electron chi connectivity index (χ1n) is 4.01. The van der Waals surface area contributed by atoms with Gasteiger partial charge in [0, 0.05) is 22.6 Å². The number of hydrogen-bond donors (Lipinski definition) is 3. The van der Waals surface area contributed by atoms with Gasteiger partial charge in [-0.2, -0.15) is 12.6 Å². The Morgan fingerprint density at radius 2 is 1.85 bits per heavy atom. The zero-order valence-corrected chi connectivity index (χ0v) is 8.60. The lowest BCUT2D eigenvalue weighted by Gasteiger charge is -2.11. The first-order valence-corrected chi connectivity index (χ1v) is 4.64. The van der Waals surface area contributed by atoms with Gasteiger partial charge in [0.2, 0.25) is 0 Å². The van der Waals surface area contributed by atoms with Crippen LogP contribution >= 0.6 is 12.6 Å². The molecule has 0 atom stereocenters.